The van der Waals surface area contributed by atoms with Crippen molar-refractivity contribution in [1.29, 1.82) is 0 Å². The molecule has 26 heavy (non-hydrogen) atoms. The second kappa shape index (κ2) is 8.77. The van der Waals surface area contributed by atoms with E-state index in [1.165, 1.54) is 16.4 Å². The first-order valence-corrected chi connectivity index (χ1v) is 10.1. The van der Waals surface area contributed by atoms with E-state index >= 15 is 0 Å². The number of carbonyl (C=O) groups excluding carboxylic acids is 1. The van der Waals surface area contributed by atoms with Crippen molar-refractivity contribution in [2.24, 2.45) is 5.92 Å². The Hall–Kier alpha value is -1.74. The lowest BCUT2D eigenvalue weighted by Crippen LogP contribution is -2.43. The molecular formula is C17H24F2N2O4S. The molecule has 0 saturated carbocycles. The number of rotatable bonds is 7. The summed E-state index contributed by atoms with van der Waals surface area (Å²) < 4.78 is 53.8. The molecule has 0 N–H and O–H groups in total. The van der Waals surface area contributed by atoms with Gasteiger partial charge in [0.15, 0.2) is 0 Å². The van der Waals surface area contributed by atoms with E-state index in [4.69, 9.17) is 0 Å². The fraction of sp³-hybridized carbons (Fsp3) is 0.588. The Bertz CT molecular complexity index is 702. The summed E-state index contributed by atoms with van der Waals surface area (Å²) in [6, 6.07) is 6.15. The molecule has 0 aromatic heterocycles. The van der Waals surface area contributed by atoms with E-state index < -0.39 is 16.6 Å². The largest absolute Gasteiger partial charge is 0.435 e. The maximum atomic E-state index is 12.6. The van der Waals surface area contributed by atoms with Gasteiger partial charge in [-0.25, -0.2) is 12.7 Å². The van der Waals surface area contributed by atoms with Crippen LogP contribution < -0.4 is 4.74 Å². The summed E-state index contributed by atoms with van der Waals surface area (Å²) in [5.41, 5.74) is 0.800. The summed E-state index contributed by atoms with van der Waals surface area (Å²) >= 11 is 0. The van der Waals surface area contributed by atoms with E-state index in [2.05, 4.69) is 4.74 Å². The molecule has 146 valence electrons. The van der Waals surface area contributed by atoms with Crippen LogP contribution >= 0.6 is 0 Å². The Balaban J connectivity index is 1.88. The van der Waals surface area contributed by atoms with Crippen molar-refractivity contribution < 1.29 is 26.7 Å². The number of hydrogen-bond donors (Lipinski definition) is 0. The molecule has 6 nitrogen and oxygen atoms in total. The van der Waals surface area contributed by atoms with Crippen molar-refractivity contribution in [3.05, 3.63) is 29.8 Å². The summed E-state index contributed by atoms with van der Waals surface area (Å²) in [4.78, 5) is 14.2. The highest BCUT2D eigenvalue weighted by molar-refractivity contribution is 7.89. The Labute approximate surface area is 152 Å². The molecule has 0 bridgehead atoms. The number of ether oxygens (including phenoxy) is 1. The van der Waals surface area contributed by atoms with Gasteiger partial charge in [0.2, 0.25) is 15.9 Å². The standard InChI is InChI=1S/C17H24F2N2O4S/c1-3-26(23,24)21-10-8-14(9-11-21)16(22)20(2)12-13-4-6-15(7-5-13)25-17(18)19/h4-7,14,17H,3,8-12H2,1-2H3. The average Bonchev–Trinajstić information content (AvgIpc) is 2.62. The zero-order valence-corrected chi connectivity index (χ0v) is 15.7. The Morgan fingerprint density at radius 1 is 1.27 bits per heavy atom. The van der Waals surface area contributed by atoms with Gasteiger partial charge in [0.1, 0.15) is 5.75 Å². The summed E-state index contributed by atoms with van der Waals surface area (Å²) in [7, 11) is -1.53. The molecule has 1 fully saturated rings. The molecule has 0 spiro atoms. The molecule has 1 aliphatic rings. The minimum absolute atomic E-state index is 0.0357. The minimum Gasteiger partial charge on any atom is -0.435 e. The van der Waals surface area contributed by atoms with Crippen LogP contribution in [0, 0.1) is 5.92 Å². The molecule has 0 unspecified atom stereocenters. The predicted molar refractivity (Wildman–Crippen MR) is 93.3 cm³/mol. The van der Waals surface area contributed by atoms with Gasteiger partial charge < -0.3 is 9.64 Å². The number of carbonyl (C=O) groups is 1. The van der Waals surface area contributed by atoms with Crippen molar-refractivity contribution in [2.75, 3.05) is 25.9 Å². The van der Waals surface area contributed by atoms with Gasteiger partial charge >= 0.3 is 6.61 Å². The molecule has 1 heterocycles. The van der Waals surface area contributed by atoms with E-state index in [0.29, 0.717) is 32.5 Å². The molecule has 1 aliphatic heterocycles. The number of nitrogens with zero attached hydrogens (tertiary/aromatic N) is 2. The lowest BCUT2D eigenvalue weighted by Gasteiger charge is -2.32. The monoisotopic (exact) mass is 390 g/mol. The number of alkyl halides is 2. The Morgan fingerprint density at radius 2 is 1.85 bits per heavy atom. The zero-order valence-electron chi connectivity index (χ0n) is 14.9. The van der Waals surface area contributed by atoms with E-state index in [1.807, 2.05) is 0 Å². The van der Waals surface area contributed by atoms with Crippen LogP contribution in [0.4, 0.5) is 8.78 Å². The van der Waals surface area contributed by atoms with Crippen molar-refractivity contribution in [1.82, 2.24) is 9.21 Å². The maximum Gasteiger partial charge on any atom is 0.387 e. The third kappa shape index (κ3) is 5.38. The van der Waals surface area contributed by atoms with E-state index in [0.717, 1.165) is 5.56 Å². The SMILES string of the molecule is CCS(=O)(=O)N1CCC(C(=O)N(C)Cc2ccc(OC(F)F)cc2)CC1. The molecule has 0 aliphatic carbocycles. The van der Waals surface area contributed by atoms with Crippen molar-refractivity contribution in [3.8, 4) is 5.75 Å². The number of benzene rings is 1. The molecule has 0 radical (unpaired) electrons. The van der Waals surface area contributed by atoms with Crippen LogP contribution in [0.25, 0.3) is 0 Å². The predicted octanol–water partition coefficient (Wildman–Crippen LogP) is 2.31. The second-order valence-electron chi connectivity index (χ2n) is 6.29. The summed E-state index contributed by atoms with van der Waals surface area (Å²) in [5.74, 6) is -0.102. The molecule has 1 saturated heterocycles. The van der Waals surface area contributed by atoms with E-state index in [1.54, 1.807) is 31.0 Å². The molecular weight excluding hydrogens is 366 g/mol. The summed E-state index contributed by atoms with van der Waals surface area (Å²) in [6.07, 6.45) is 1.01. The van der Waals surface area contributed by atoms with Gasteiger partial charge in [-0.2, -0.15) is 8.78 Å². The molecule has 0 atom stereocenters. The minimum atomic E-state index is -3.21. The van der Waals surface area contributed by atoms with Crippen LogP contribution in [0.2, 0.25) is 0 Å². The Kier molecular flexibility index (Phi) is 6.94. The van der Waals surface area contributed by atoms with E-state index in [-0.39, 0.29) is 23.3 Å². The normalized spacial score (nSPS) is 16.7. The number of amides is 1. The van der Waals surface area contributed by atoms with Crippen LogP contribution in [-0.4, -0.2) is 56.0 Å². The number of hydrogen-bond acceptors (Lipinski definition) is 4. The van der Waals surface area contributed by atoms with Crippen LogP contribution in [0.1, 0.15) is 25.3 Å². The zero-order chi connectivity index (χ0) is 19.3. The average molecular weight is 390 g/mol. The third-order valence-corrected chi connectivity index (χ3v) is 6.39. The third-order valence-electron chi connectivity index (χ3n) is 4.51. The van der Waals surface area contributed by atoms with Crippen LogP contribution in [0.15, 0.2) is 24.3 Å². The fourth-order valence-corrected chi connectivity index (χ4v) is 4.14. The molecule has 1 aromatic carbocycles. The van der Waals surface area contributed by atoms with Crippen LogP contribution in [0.5, 0.6) is 5.75 Å². The fourth-order valence-electron chi connectivity index (χ4n) is 3.00. The van der Waals surface area contributed by atoms with Gasteiger partial charge in [-0.1, -0.05) is 12.1 Å². The van der Waals surface area contributed by atoms with Crippen molar-refractivity contribution >= 4 is 15.9 Å². The maximum absolute atomic E-state index is 12.6. The lowest BCUT2D eigenvalue weighted by atomic mass is 9.96. The van der Waals surface area contributed by atoms with Gasteiger partial charge in [0.05, 0.1) is 5.75 Å². The quantitative estimate of drug-likeness (QED) is 0.717. The molecule has 2 rings (SSSR count). The van der Waals surface area contributed by atoms with Crippen LogP contribution in [-0.2, 0) is 21.4 Å². The van der Waals surface area contributed by atoms with Crippen molar-refractivity contribution in [3.63, 3.8) is 0 Å². The highest BCUT2D eigenvalue weighted by atomic mass is 32.2. The number of piperidine rings is 1. The van der Waals surface area contributed by atoms with Crippen LogP contribution in [0.3, 0.4) is 0 Å². The molecule has 1 amide bonds. The molecule has 1 aromatic rings. The lowest BCUT2D eigenvalue weighted by molar-refractivity contribution is -0.135. The second-order valence-corrected chi connectivity index (χ2v) is 8.55. The van der Waals surface area contributed by atoms with Crippen molar-refractivity contribution in [2.45, 2.75) is 32.9 Å². The van der Waals surface area contributed by atoms with Gasteiger partial charge in [-0.3, -0.25) is 4.79 Å². The van der Waals surface area contributed by atoms with Gasteiger partial charge in [0, 0.05) is 32.6 Å². The number of sulfonamides is 1. The highest BCUT2D eigenvalue weighted by Crippen LogP contribution is 2.23. The summed E-state index contributed by atoms with van der Waals surface area (Å²) in [5, 5.41) is 0. The highest BCUT2D eigenvalue weighted by Gasteiger charge is 2.31. The summed E-state index contributed by atoms with van der Waals surface area (Å²) in [6.45, 7) is -0.188. The topological polar surface area (TPSA) is 66.9 Å². The first kappa shape index (κ1) is 20.6. The van der Waals surface area contributed by atoms with Gasteiger partial charge in [0.25, 0.3) is 0 Å². The van der Waals surface area contributed by atoms with Gasteiger partial charge in [-0.15, -0.1) is 0 Å². The first-order chi connectivity index (χ1) is 12.2. The smallest absolute Gasteiger partial charge is 0.387 e. The van der Waals surface area contributed by atoms with E-state index in [9.17, 15) is 22.0 Å². The van der Waals surface area contributed by atoms with Gasteiger partial charge in [-0.05, 0) is 37.5 Å². The first-order valence-electron chi connectivity index (χ1n) is 8.49. The molecule has 9 heteroatoms. The Morgan fingerprint density at radius 3 is 2.35 bits per heavy atom. The number of halogens is 2.